The highest BCUT2D eigenvalue weighted by Gasteiger charge is 2.21. The second-order valence-electron chi connectivity index (χ2n) is 4.33. The van der Waals surface area contributed by atoms with Gasteiger partial charge in [0.25, 0.3) is 5.91 Å². The van der Waals surface area contributed by atoms with Gasteiger partial charge in [-0.25, -0.2) is 0 Å². The topological polar surface area (TPSA) is 51.3 Å². The minimum absolute atomic E-state index is 0.0530. The summed E-state index contributed by atoms with van der Waals surface area (Å²) in [4.78, 5) is 14.2. The monoisotopic (exact) mass is 237 g/mol. The fourth-order valence-corrected chi connectivity index (χ4v) is 2.16. The number of anilines is 1. The van der Waals surface area contributed by atoms with Crippen molar-refractivity contribution < 1.29 is 4.79 Å². The lowest BCUT2D eigenvalue weighted by atomic mass is 10.1. The summed E-state index contributed by atoms with van der Waals surface area (Å²) in [6.45, 7) is 6.97. The van der Waals surface area contributed by atoms with Crippen LogP contribution >= 0.6 is 0 Å². The number of nitrogen functional groups attached to an aromatic ring is 1. The number of amides is 1. The van der Waals surface area contributed by atoms with Gasteiger partial charge in [0.2, 0.25) is 0 Å². The van der Waals surface area contributed by atoms with Crippen LogP contribution in [0.5, 0.6) is 0 Å². The van der Waals surface area contributed by atoms with E-state index in [0.29, 0.717) is 17.4 Å². The Hall–Kier alpha value is -1.45. The summed E-state index contributed by atoms with van der Waals surface area (Å²) in [7, 11) is 1.86. The molecule has 0 fully saturated rings. The van der Waals surface area contributed by atoms with Gasteiger partial charge in [0.15, 0.2) is 0 Å². The van der Waals surface area contributed by atoms with Crippen molar-refractivity contribution in [3.05, 3.63) is 18.0 Å². The summed E-state index contributed by atoms with van der Waals surface area (Å²) in [6.07, 6.45) is 3.76. The second kappa shape index (κ2) is 5.75. The van der Waals surface area contributed by atoms with Crippen LogP contribution in [0.25, 0.3) is 0 Å². The van der Waals surface area contributed by atoms with Crippen LogP contribution < -0.4 is 5.73 Å². The van der Waals surface area contributed by atoms with E-state index in [0.717, 1.165) is 19.4 Å². The Labute approximate surface area is 103 Å². The van der Waals surface area contributed by atoms with Crippen molar-refractivity contribution >= 4 is 11.6 Å². The predicted molar refractivity (Wildman–Crippen MR) is 71.0 cm³/mol. The van der Waals surface area contributed by atoms with Crippen LogP contribution in [-0.4, -0.2) is 28.5 Å². The third-order valence-electron chi connectivity index (χ3n) is 3.29. The second-order valence-corrected chi connectivity index (χ2v) is 4.33. The van der Waals surface area contributed by atoms with Gasteiger partial charge in [-0.15, -0.1) is 0 Å². The van der Waals surface area contributed by atoms with E-state index < -0.39 is 0 Å². The van der Waals surface area contributed by atoms with Crippen molar-refractivity contribution in [2.24, 2.45) is 0 Å². The van der Waals surface area contributed by atoms with E-state index in [4.69, 9.17) is 5.73 Å². The lowest BCUT2D eigenvalue weighted by molar-refractivity contribution is 0.0713. The first-order valence-electron chi connectivity index (χ1n) is 6.27. The Morgan fingerprint density at radius 2 is 2.00 bits per heavy atom. The Balaban J connectivity index is 2.95. The Kier molecular flexibility index (Phi) is 4.61. The van der Waals surface area contributed by atoms with Gasteiger partial charge in [-0.05, 0) is 25.8 Å². The summed E-state index contributed by atoms with van der Waals surface area (Å²) >= 11 is 0. The van der Waals surface area contributed by atoms with Gasteiger partial charge < -0.3 is 15.2 Å². The molecule has 1 amide bonds. The molecule has 96 valence electrons. The first-order valence-corrected chi connectivity index (χ1v) is 6.27. The van der Waals surface area contributed by atoms with Crippen LogP contribution in [0.3, 0.4) is 0 Å². The highest BCUT2D eigenvalue weighted by Crippen LogP contribution is 2.15. The number of nitrogens with two attached hydrogens (primary N) is 1. The van der Waals surface area contributed by atoms with E-state index in [1.165, 1.54) is 0 Å². The number of aromatic nitrogens is 1. The van der Waals surface area contributed by atoms with E-state index >= 15 is 0 Å². The zero-order valence-corrected chi connectivity index (χ0v) is 11.2. The minimum Gasteiger partial charge on any atom is -0.397 e. The fraction of sp³-hybridized carbons (Fsp3) is 0.615. The molecule has 0 aromatic carbocycles. The first-order chi connectivity index (χ1) is 8.04. The highest BCUT2D eigenvalue weighted by molar-refractivity contribution is 5.93. The molecule has 0 spiro atoms. The third-order valence-corrected chi connectivity index (χ3v) is 3.29. The van der Waals surface area contributed by atoms with Gasteiger partial charge in [-0.3, -0.25) is 4.79 Å². The van der Waals surface area contributed by atoms with Crippen molar-refractivity contribution in [3.63, 3.8) is 0 Å². The summed E-state index contributed by atoms with van der Waals surface area (Å²) in [5, 5.41) is 0. The minimum atomic E-state index is 0.0530. The molecule has 0 unspecified atom stereocenters. The van der Waals surface area contributed by atoms with Gasteiger partial charge >= 0.3 is 0 Å². The van der Waals surface area contributed by atoms with Gasteiger partial charge in [0, 0.05) is 25.8 Å². The maximum absolute atomic E-state index is 12.3. The number of rotatable bonds is 5. The normalized spacial score (nSPS) is 10.9. The molecule has 0 aliphatic heterocycles. The summed E-state index contributed by atoms with van der Waals surface area (Å²) in [6, 6.07) is 2.05. The molecular weight excluding hydrogens is 214 g/mol. The summed E-state index contributed by atoms with van der Waals surface area (Å²) in [5.74, 6) is 0.0530. The molecule has 0 saturated carbocycles. The van der Waals surface area contributed by atoms with Crippen LogP contribution in [-0.2, 0) is 6.54 Å². The predicted octanol–water partition coefficient (Wildman–Crippen LogP) is 2.35. The average molecular weight is 237 g/mol. The molecule has 0 aliphatic carbocycles. The molecule has 0 radical (unpaired) electrons. The van der Waals surface area contributed by atoms with Crippen molar-refractivity contribution in [2.75, 3.05) is 12.8 Å². The number of aryl methyl sites for hydroxylation is 1. The molecule has 0 atom stereocenters. The molecule has 1 aromatic rings. The van der Waals surface area contributed by atoms with E-state index in [-0.39, 0.29) is 5.91 Å². The van der Waals surface area contributed by atoms with Crippen molar-refractivity contribution in [2.45, 2.75) is 46.2 Å². The molecule has 0 saturated heterocycles. The third kappa shape index (κ3) is 2.81. The van der Waals surface area contributed by atoms with Crippen molar-refractivity contribution in [3.8, 4) is 0 Å². The van der Waals surface area contributed by atoms with Crippen molar-refractivity contribution in [1.29, 1.82) is 0 Å². The van der Waals surface area contributed by atoms with Gasteiger partial charge in [-0.2, -0.15) is 0 Å². The highest BCUT2D eigenvalue weighted by atomic mass is 16.2. The van der Waals surface area contributed by atoms with E-state index in [1.807, 2.05) is 29.6 Å². The molecule has 4 nitrogen and oxygen atoms in total. The average Bonchev–Trinajstić information content (AvgIpc) is 2.70. The molecular formula is C13H23N3O. The standard InChI is InChI=1S/C13H23N3O/c1-5-11(6-2)15(4)13(17)12-8-10(14)9-16(12)7-3/h8-9,11H,5-7,14H2,1-4H3. The Morgan fingerprint density at radius 1 is 1.41 bits per heavy atom. The molecule has 17 heavy (non-hydrogen) atoms. The number of hydrogen-bond donors (Lipinski definition) is 1. The van der Waals surface area contributed by atoms with Crippen LogP contribution in [0.15, 0.2) is 12.3 Å². The zero-order chi connectivity index (χ0) is 13.0. The largest absolute Gasteiger partial charge is 0.397 e. The van der Waals surface area contributed by atoms with Gasteiger partial charge in [0.05, 0.1) is 5.69 Å². The maximum atomic E-state index is 12.3. The molecule has 2 N–H and O–H groups in total. The summed E-state index contributed by atoms with van der Waals surface area (Å²) < 4.78 is 1.90. The number of carbonyl (C=O) groups is 1. The lowest BCUT2D eigenvalue weighted by Crippen LogP contribution is -2.37. The SMILES string of the molecule is CCC(CC)N(C)C(=O)c1cc(N)cn1CC. The van der Waals surface area contributed by atoms with Crippen LogP contribution in [0, 0.1) is 0 Å². The molecule has 0 aliphatic rings. The lowest BCUT2D eigenvalue weighted by Gasteiger charge is -2.26. The number of carbonyl (C=O) groups excluding carboxylic acids is 1. The van der Waals surface area contributed by atoms with Crippen LogP contribution in [0.1, 0.15) is 44.1 Å². The van der Waals surface area contributed by atoms with E-state index in [2.05, 4.69) is 13.8 Å². The Morgan fingerprint density at radius 3 is 2.47 bits per heavy atom. The molecule has 4 heteroatoms. The zero-order valence-electron chi connectivity index (χ0n) is 11.2. The van der Waals surface area contributed by atoms with E-state index in [9.17, 15) is 4.79 Å². The van der Waals surface area contributed by atoms with E-state index in [1.54, 1.807) is 6.07 Å². The Bertz CT molecular complexity index is 380. The smallest absolute Gasteiger partial charge is 0.270 e. The van der Waals surface area contributed by atoms with Gasteiger partial charge in [-0.1, -0.05) is 13.8 Å². The molecule has 0 bridgehead atoms. The maximum Gasteiger partial charge on any atom is 0.270 e. The fourth-order valence-electron chi connectivity index (χ4n) is 2.16. The van der Waals surface area contributed by atoms with Crippen molar-refractivity contribution in [1.82, 2.24) is 9.47 Å². The molecule has 1 rings (SSSR count). The van der Waals surface area contributed by atoms with Crippen LogP contribution in [0.2, 0.25) is 0 Å². The quantitative estimate of drug-likeness (QED) is 0.854. The van der Waals surface area contributed by atoms with Crippen LogP contribution in [0.4, 0.5) is 5.69 Å². The first kappa shape index (κ1) is 13.6. The number of hydrogen-bond acceptors (Lipinski definition) is 2. The molecule has 1 aromatic heterocycles. The molecule has 1 heterocycles. The summed E-state index contributed by atoms with van der Waals surface area (Å²) in [5.41, 5.74) is 7.07. The number of nitrogens with zero attached hydrogens (tertiary/aromatic N) is 2. The van der Waals surface area contributed by atoms with Gasteiger partial charge in [0.1, 0.15) is 5.69 Å².